The Morgan fingerprint density at radius 2 is 1.67 bits per heavy atom. The second kappa shape index (κ2) is 7.10. The van der Waals surface area contributed by atoms with Crippen molar-refractivity contribution in [3.8, 4) is 0 Å². The van der Waals surface area contributed by atoms with E-state index in [0.29, 0.717) is 22.7 Å². The lowest BCUT2D eigenvalue weighted by atomic mass is 9.81. The van der Waals surface area contributed by atoms with Crippen molar-refractivity contribution < 1.29 is 14.7 Å². The number of anilines is 2. The first-order valence-corrected chi connectivity index (χ1v) is 10.8. The third kappa shape index (κ3) is 2.63. The number of amides is 1. The number of hydrogen-bond acceptors (Lipinski definition) is 4. The molecule has 30 heavy (non-hydrogen) atoms. The highest BCUT2D eigenvalue weighted by Gasteiger charge is 2.85. The van der Waals surface area contributed by atoms with Gasteiger partial charge in [-0.2, -0.15) is 0 Å². The van der Waals surface area contributed by atoms with Gasteiger partial charge in [0, 0.05) is 17.5 Å². The van der Waals surface area contributed by atoms with Crippen molar-refractivity contribution in [2.45, 2.75) is 14.1 Å². The molecule has 2 aromatic rings. The summed E-state index contributed by atoms with van der Waals surface area (Å²) < 4.78 is -2.17. The number of carbonyl (C=O) groups is 2. The molecule has 1 fully saturated rings. The van der Waals surface area contributed by atoms with Gasteiger partial charge >= 0.3 is 5.97 Å². The summed E-state index contributed by atoms with van der Waals surface area (Å²) in [5.74, 6) is -5.13. The van der Waals surface area contributed by atoms with Crippen LogP contribution in [-0.4, -0.2) is 41.0 Å². The van der Waals surface area contributed by atoms with E-state index in [9.17, 15) is 14.7 Å². The molecular weight excluding hydrogens is 544 g/mol. The number of rotatable bonds is 4. The number of nitrogens with one attached hydrogen (secondary N) is 3. The zero-order valence-corrected chi connectivity index (χ0v) is 19.5. The molecule has 4 atom stereocenters. The first kappa shape index (κ1) is 22.4. The second-order valence-corrected chi connectivity index (χ2v) is 10.3. The Morgan fingerprint density at radius 3 is 2.23 bits per heavy atom. The lowest BCUT2D eigenvalue weighted by Gasteiger charge is -2.33. The number of H-pyrrole nitrogens is 1. The van der Waals surface area contributed by atoms with Crippen LogP contribution in [0.5, 0.6) is 0 Å². The average molecular weight is 553 g/mol. The van der Waals surface area contributed by atoms with E-state index >= 15 is 0 Å². The van der Waals surface area contributed by atoms with Crippen LogP contribution in [0.4, 0.5) is 11.6 Å². The van der Waals surface area contributed by atoms with Crippen molar-refractivity contribution in [2.24, 2.45) is 11.8 Å². The van der Waals surface area contributed by atoms with Gasteiger partial charge in [-0.05, 0) is 18.2 Å². The molecule has 2 bridgehead atoms. The molecule has 1 heterocycles. The molecule has 0 aliphatic heterocycles. The average Bonchev–Trinajstić information content (AvgIpc) is 3.18. The van der Waals surface area contributed by atoms with Crippen molar-refractivity contribution in [3.63, 3.8) is 0 Å². The molecule has 1 aromatic carbocycles. The van der Waals surface area contributed by atoms with E-state index in [0.717, 1.165) is 0 Å². The van der Waals surface area contributed by atoms with Crippen molar-refractivity contribution in [2.75, 3.05) is 10.2 Å². The maximum Gasteiger partial charge on any atom is 0.309 e. The van der Waals surface area contributed by atoms with Gasteiger partial charge in [-0.1, -0.05) is 46.4 Å². The van der Waals surface area contributed by atoms with Gasteiger partial charge in [0.15, 0.2) is 4.33 Å². The van der Waals surface area contributed by atoms with Crippen LogP contribution in [0.2, 0.25) is 0 Å². The van der Waals surface area contributed by atoms with Gasteiger partial charge in [-0.25, -0.2) is 4.98 Å². The first-order valence-electron chi connectivity index (χ1n) is 8.13. The Kier molecular flexibility index (Phi) is 5.30. The SMILES string of the molecule is O=C(O)[C@@H]1[C@H](C(=O)Nc2ccc3nc(NCl)[nH]c3c2)C2(Cl)C(Cl)=C(Cl)C1(Cl)C2(Cl)Cl. The lowest BCUT2D eigenvalue weighted by Crippen LogP contribution is -2.47. The molecule has 4 N–H and O–H groups in total. The number of alkyl halides is 4. The molecule has 2 aliphatic rings. The van der Waals surface area contributed by atoms with Crippen LogP contribution < -0.4 is 10.2 Å². The number of hydrogen-bond donors (Lipinski definition) is 4. The summed E-state index contributed by atoms with van der Waals surface area (Å²) in [4.78, 5) is 30.5. The van der Waals surface area contributed by atoms with Crippen LogP contribution >= 0.6 is 81.4 Å². The van der Waals surface area contributed by atoms with Crippen molar-refractivity contribution in [3.05, 3.63) is 28.3 Å². The highest BCUT2D eigenvalue weighted by Crippen LogP contribution is 2.76. The number of carboxylic acids is 1. The Bertz CT molecular complexity index is 1140. The molecule has 7 nitrogen and oxygen atoms in total. The summed E-state index contributed by atoms with van der Waals surface area (Å²) in [6.07, 6.45) is 0. The molecule has 1 aromatic heterocycles. The van der Waals surface area contributed by atoms with E-state index in [-0.39, 0.29) is 10.1 Å². The van der Waals surface area contributed by atoms with Crippen molar-refractivity contribution in [1.29, 1.82) is 0 Å². The minimum absolute atomic E-state index is 0.273. The van der Waals surface area contributed by atoms with E-state index in [4.69, 9.17) is 81.4 Å². The van der Waals surface area contributed by atoms with Gasteiger partial charge in [0.2, 0.25) is 11.9 Å². The fourth-order valence-electron chi connectivity index (χ4n) is 3.98. The van der Waals surface area contributed by atoms with Crippen molar-refractivity contribution >= 4 is 116 Å². The molecule has 0 spiro atoms. The van der Waals surface area contributed by atoms with Gasteiger partial charge in [-0.15, -0.1) is 23.2 Å². The van der Waals surface area contributed by atoms with E-state index in [2.05, 4.69) is 20.1 Å². The summed E-state index contributed by atoms with van der Waals surface area (Å²) in [7, 11) is 0. The zero-order valence-electron chi connectivity index (χ0n) is 14.2. The highest BCUT2D eigenvalue weighted by molar-refractivity contribution is 6.66. The van der Waals surface area contributed by atoms with Gasteiger partial charge in [0.1, 0.15) is 9.75 Å². The van der Waals surface area contributed by atoms with Crippen LogP contribution in [0.25, 0.3) is 11.0 Å². The molecule has 2 aliphatic carbocycles. The quantitative estimate of drug-likeness (QED) is 0.307. The fraction of sp³-hybridized carbons (Fsp3) is 0.312. The van der Waals surface area contributed by atoms with Crippen LogP contribution in [-0.2, 0) is 9.59 Å². The summed E-state index contributed by atoms with van der Waals surface area (Å²) in [6.45, 7) is 0. The minimum Gasteiger partial charge on any atom is -0.481 e. The lowest BCUT2D eigenvalue weighted by molar-refractivity contribution is -0.146. The maximum atomic E-state index is 13.2. The number of halogens is 7. The van der Waals surface area contributed by atoms with E-state index in [1.165, 1.54) is 0 Å². The summed E-state index contributed by atoms with van der Waals surface area (Å²) >= 11 is 43.8. The number of imidazole rings is 1. The predicted octanol–water partition coefficient (Wildman–Crippen LogP) is 5.23. The van der Waals surface area contributed by atoms with Crippen LogP contribution in [0.3, 0.4) is 0 Å². The van der Waals surface area contributed by atoms with Gasteiger partial charge in [0.05, 0.1) is 32.9 Å². The topological polar surface area (TPSA) is 107 Å². The maximum absolute atomic E-state index is 13.2. The van der Waals surface area contributed by atoms with Gasteiger partial charge in [0.25, 0.3) is 0 Å². The summed E-state index contributed by atoms with van der Waals surface area (Å²) in [5, 5.41) is 11.8. The number of benzene rings is 1. The zero-order chi connectivity index (χ0) is 22.2. The molecule has 2 unspecified atom stereocenters. The number of nitrogens with zero attached hydrogens (tertiary/aromatic N) is 1. The summed E-state index contributed by atoms with van der Waals surface area (Å²) in [6, 6.07) is 4.74. The Morgan fingerprint density at radius 1 is 1.07 bits per heavy atom. The molecular formula is C16H9Cl7N4O3. The Hall–Kier alpha value is -0.800. The smallest absolute Gasteiger partial charge is 0.309 e. The van der Waals surface area contributed by atoms with E-state index < -0.39 is 37.8 Å². The number of carbonyl (C=O) groups excluding carboxylic acids is 1. The highest BCUT2D eigenvalue weighted by atomic mass is 35.5. The standard InChI is InChI=1S/C16H9Cl7N4O3/c17-9-10(18)15(20)8(12(29)30)7(14(9,19)16(15,21)22)11(28)24-4-1-2-5-6(3-4)26-13(25-5)27-23/h1-3,7-8H,(H,24,28)(H,29,30)(H2,25,26,27)/t7-,8+,14?,15?/m1/s1. The molecule has 0 radical (unpaired) electrons. The normalized spacial score (nSPS) is 32.0. The van der Waals surface area contributed by atoms with Gasteiger partial charge < -0.3 is 15.4 Å². The first-order chi connectivity index (χ1) is 13.9. The van der Waals surface area contributed by atoms with Gasteiger partial charge in [-0.3, -0.25) is 14.4 Å². The molecule has 160 valence electrons. The fourth-order valence-corrected chi connectivity index (χ4v) is 7.00. The number of aromatic nitrogens is 2. The second-order valence-electron chi connectivity index (χ2n) is 6.82. The largest absolute Gasteiger partial charge is 0.481 e. The molecule has 1 amide bonds. The van der Waals surface area contributed by atoms with Crippen LogP contribution in [0, 0.1) is 11.8 Å². The third-order valence-corrected chi connectivity index (χ3v) is 9.76. The molecule has 14 heteroatoms. The number of carboxylic acid groups (broad SMARTS) is 1. The van der Waals surface area contributed by atoms with Crippen LogP contribution in [0.15, 0.2) is 28.3 Å². The Labute approximate surface area is 204 Å². The number of fused-ring (bicyclic) bond motifs is 3. The minimum atomic E-state index is -2.17. The number of aromatic amines is 1. The number of allylic oxidation sites excluding steroid dienone is 2. The van der Waals surface area contributed by atoms with Crippen molar-refractivity contribution in [1.82, 2.24) is 9.97 Å². The van der Waals surface area contributed by atoms with E-state index in [1.54, 1.807) is 18.2 Å². The number of aliphatic carboxylic acids is 1. The molecule has 4 rings (SSSR count). The van der Waals surface area contributed by atoms with Crippen LogP contribution in [0.1, 0.15) is 0 Å². The Balaban J connectivity index is 1.75. The summed E-state index contributed by atoms with van der Waals surface area (Å²) in [5.41, 5.74) is 1.44. The third-order valence-electron chi connectivity index (χ3n) is 5.32. The monoisotopic (exact) mass is 550 g/mol. The van der Waals surface area contributed by atoms with E-state index in [1.807, 2.05) is 0 Å². The molecule has 1 saturated carbocycles. The predicted molar refractivity (Wildman–Crippen MR) is 119 cm³/mol. The molecule has 0 saturated heterocycles.